The molecule has 0 aliphatic carbocycles. The van der Waals surface area contributed by atoms with E-state index in [0.29, 0.717) is 5.56 Å². The zero-order chi connectivity index (χ0) is 12.4. The third-order valence-corrected chi connectivity index (χ3v) is 4.89. The van der Waals surface area contributed by atoms with E-state index >= 15 is 0 Å². The first-order chi connectivity index (χ1) is 8.13. The lowest BCUT2D eigenvalue weighted by atomic mass is 10.1. The highest BCUT2D eigenvalue weighted by molar-refractivity contribution is 9.10. The van der Waals surface area contributed by atoms with Gasteiger partial charge in [0.1, 0.15) is 5.82 Å². The largest absolute Gasteiger partial charge is 0.309 e. The zero-order valence-corrected chi connectivity index (χ0v) is 13.0. The van der Waals surface area contributed by atoms with Gasteiger partial charge in [0.15, 0.2) is 0 Å². The van der Waals surface area contributed by atoms with Crippen LogP contribution in [-0.4, -0.2) is 7.05 Å². The van der Waals surface area contributed by atoms with Crippen LogP contribution < -0.4 is 5.32 Å². The van der Waals surface area contributed by atoms with Crippen LogP contribution in [0.3, 0.4) is 0 Å². The fourth-order valence-electron chi connectivity index (χ4n) is 1.68. The summed E-state index contributed by atoms with van der Waals surface area (Å²) in [4.78, 5) is 1.07. The van der Waals surface area contributed by atoms with Gasteiger partial charge < -0.3 is 5.32 Å². The molecule has 5 heteroatoms. The summed E-state index contributed by atoms with van der Waals surface area (Å²) >= 11 is 8.46. The molecule has 0 aliphatic rings. The van der Waals surface area contributed by atoms with Gasteiger partial charge in [0.25, 0.3) is 0 Å². The smallest absolute Gasteiger partial charge is 0.128 e. The Morgan fingerprint density at radius 2 is 2.06 bits per heavy atom. The molecule has 17 heavy (non-hydrogen) atoms. The second-order valence-corrected chi connectivity index (χ2v) is 6.24. The van der Waals surface area contributed by atoms with E-state index in [1.165, 1.54) is 6.07 Å². The van der Waals surface area contributed by atoms with Gasteiger partial charge >= 0.3 is 0 Å². The maximum Gasteiger partial charge on any atom is 0.128 e. The Morgan fingerprint density at radius 3 is 2.65 bits per heavy atom. The molecule has 1 heterocycles. The number of benzene rings is 1. The molecule has 1 atom stereocenters. The molecule has 0 radical (unpaired) electrons. The minimum Gasteiger partial charge on any atom is -0.309 e. The summed E-state index contributed by atoms with van der Waals surface area (Å²) in [5, 5.41) is 5.13. The van der Waals surface area contributed by atoms with Gasteiger partial charge in [-0.15, -0.1) is 11.3 Å². The normalized spacial score (nSPS) is 12.7. The lowest BCUT2D eigenvalue weighted by Gasteiger charge is -2.17. The van der Waals surface area contributed by atoms with Crippen molar-refractivity contribution in [3.8, 4) is 0 Å². The molecule has 1 nitrogen and oxygen atoms in total. The van der Waals surface area contributed by atoms with Crippen molar-refractivity contribution in [3.05, 3.63) is 54.8 Å². The maximum atomic E-state index is 13.9. The zero-order valence-electron chi connectivity index (χ0n) is 9.01. The van der Waals surface area contributed by atoms with Crippen molar-refractivity contribution in [1.29, 1.82) is 0 Å². The Bertz CT molecular complexity index is 527. The van der Waals surface area contributed by atoms with Crippen LogP contribution in [-0.2, 0) is 0 Å². The van der Waals surface area contributed by atoms with Crippen molar-refractivity contribution in [2.75, 3.05) is 7.05 Å². The fourth-order valence-corrected chi connectivity index (χ4v) is 3.78. The average Bonchev–Trinajstić information content (AvgIpc) is 2.71. The van der Waals surface area contributed by atoms with E-state index in [1.807, 2.05) is 24.6 Å². The first-order valence-corrected chi connectivity index (χ1v) is 7.45. The van der Waals surface area contributed by atoms with E-state index in [1.54, 1.807) is 17.4 Å². The fraction of sp³-hybridized carbons (Fsp3) is 0.167. The maximum absolute atomic E-state index is 13.9. The van der Waals surface area contributed by atoms with E-state index in [2.05, 4.69) is 37.2 Å². The molecule has 1 unspecified atom stereocenters. The van der Waals surface area contributed by atoms with Crippen molar-refractivity contribution in [1.82, 2.24) is 5.32 Å². The van der Waals surface area contributed by atoms with Gasteiger partial charge in [0.2, 0.25) is 0 Å². The molecule has 0 saturated carbocycles. The summed E-state index contributed by atoms with van der Waals surface area (Å²) in [7, 11) is 1.83. The van der Waals surface area contributed by atoms with Gasteiger partial charge in [-0.1, -0.05) is 15.9 Å². The Kier molecular flexibility index (Phi) is 4.36. The first kappa shape index (κ1) is 13.2. The number of nitrogens with one attached hydrogen (secondary N) is 1. The molecule has 0 aliphatic heterocycles. The van der Waals surface area contributed by atoms with Crippen molar-refractivity contribution < 1.29 is 4.39 Å². The molecule has 0 bridgehead atoms. The van der Waals surface area contributed by atoms with E-state index in [9.17, 15) is 4.39 Å². The third-order valence-electron chi connectivity index (χ3n) is 2.46. The lowest BCUT2D eigenvalue weighted by molar-refractivity contribution is 0.578. The molecule has 90 valence electrons. The number of hydrogen-bond acceptors (Lipinski definition) is 2. The van der Waals surface area contributed by atoms with Gasteiger partial charge in [0.05, 0.1) is 6.04 Å². The minimum absolute atomic E-state index is 0.137. The number of hydrogen-bond donors (Lipinski definition) is 1. The standard InChI is InChI=1S/C12H10Br2FNS/c1-16-11(12-9(14)4-5-17-12)8-6-7(13)2-3-10(8)15/h2-6,11,16H,1H3. The molecule has 1 aromatic heterocycles. The summed E-state index contributed by atoms with van der Waals surface area (Å²) in [6.07, 6.45) is 0. The van der Waals surface area contributed by atoms with Gasteiger partial charge in [-0.05, 0) is 52.6 Å². The highest BCUT2D eigenvalue weighted by Crippen LogP contribution is 2.34. The second-order valence-electron chi connectivity index (χ2n) is 3.52. The monoisotopic (exact) mass is 377 g/mol. The third kappa shape index (κ3) is 2.78. The number of thiophene rings is 1. The predicted octanol–water partition coefficient (Wildman–Crippen LogP) is 4.72. The Hall–Kier alpha value is -0.230. The summed E-state index contributed by atoms with van der Waals surface area (Å²) in [6, 6.07) is 6.82. The molecular formula is C12H10Br2FNS. The van der Waals surface area contributed by atoms with Crippen LogP contribution in [0.4, 0.5) is 4.39 Å². The molecule has 2 rings (SSSR count). The molecule has 0 saturated heterocycles. The minimum atomic E-state index is -0.201. The van der Waals surface area contributed by atoms with E-state index < -0.39 is 0 Å². The molecule has 1 aromatic carbocycles. The van der Waals surface area contributed by atoms with Crippen LogP contribution >= 0.6 is 43.2 Å². The highest BCUT2D eigenvalue weighted by atomic mass is 79.9. The second kappa shape index (κ2) is 5.61. The van der Waals surface area contributed by atoms with Crippen molar-refractivity contribution in [2.45, 2.75) is 6.04 Å². The summed E-state index contributed by atoms with van der Waals surface area (Å²) in [6.45, 7) is 0. The average molecular weight is 379 g/mol. The SMILES string of the molecule is CNC(c1cc(Br)ccc1F)c1sccc1Br. The highest BCUT2D eigenvalue weighted by Gasteiger charge is 2.19. The van der Waals surface area contributed by atoms with E-state index in [4.69, 9.17) is 0 Å². The molecule has 0 amide bonds. The molecule has 2 aromatic rings. The van der Waals surface area contributed by atoms with Crippen LogP contribution in [0.2, 0.25) is 0 Å². The Balaban J connectivity index is 2.49. The molecule has 0 fully saturated rings. The van der Waals surface area contributed by atoms with Crippen LogP contribution in [0.25, 0.3) is 0 Å². The Morgan fingerprint density at radius 1 is 1.29 bits per heavy atom. The van der Waals surface area contributed by atoms with Crippen LogP contribution in [0.1, 0.15) is 16.5 Å². The van der Waals surface area contributed by atoms with E-state index in [0.717, 1.165) is 13.8 Å². The molecule has 1 N–H and O–H groups in total. The summed E-state index contributed by atoms with van der Waals surface area (Å²) in [5.41, 5.74) is 0.644. The Labute approximate surface area is 120 Å². The molecule has 0 spiro atoms. The van der Waals surface area contributed by atoms with Gasteiger partial charge in [0, 0.05) is 19.4 Å². The van der Waals surface area contributed by atoms with Crippen LogP contribution in [0.5, 0.6) is 0 Å². The van der Waals surface area contributed by atoms with Crippen molar-refractivity contribution >= 4 is 43.2 Å². The number of halogens is 3. The van der Waals surface area contributed by atoms with Gasteiger partial charge in [-0.2, -0.15) is 0 Å². The first-order valence-electron chi connectivity index (χ1n) is 4.98. The summed E-state index contributed by atoms with van der Waals surface area (Å²) in [5.74, 6) is -0.201. The summed E-state index contributed by atoms with van der Waals surface area (Å²) < 4.78 is 15.7. The van der Waals surface area contributed by atoms with Crippen molar-refractivity contribution in [2.24, 2.45) is 0 Å². The topological polar surface area (TPSA) is 12.0 Å². The van der Waals surface area contributed by atoms with Gasteiger partial charge in [-0.3, -0.25) is 0 Å². The van der Waals surface area contributed by atoms with Gasteiger partial charge in [-0.25, -0.2) is 4.39 Å². The lowest BCUT2D eigenvalue weighted by Crippen LogP contribution is -2.18. The quantitative estimate of drug-likeness (QED) is 0.814. The van der Waals surface area contributed by atoms with Crippen molar-refractivity contribution in [3.63, 3.8) is 0 Å². The van der Waals surface area contributed by atoms with E-state index in [-0.39, 0.29) is 11.9 Å². The predicted molar refractivity (Wildman–Crippen MR) is 77.0 cm³/mol. The number of rotatable bonds is 3. The molecular weight excluding hydrogens is 369 g/mol. The van der Waals surface area contributed by atoms with Crippen LogP contribution in [0, 0.1) is 5.82 Å². The van der Waals surface area contributed by atoms with Crippen LogP contribution in [0.15, 0.2) is 38.6 Å².